The molecule has 1 rings (SSSR count). The zero-order valence-electron chi connectivity index (χ0n) is 14.0. The minimum Gasteiger partial charge on any atom is -0.385 e. The largest absolute Gasteiger partial charge is 0.385 e. The molecule has 0 spiro atoms. The second-order valence-electron chi connectivity index (χ2n) is 6.83. The highest BCUT2D eigenvalue weighted by molar-refractivity contribution is 5.84. The van der Waals surface area contributed by atoms with Gasteiger partial charge in [0.05, 0.1) is 12.2 Å². The van der Waals surface area contributed by atoms with E-state index in [1.54, 1.807) is 7.11 Å². The first-order valence-electron chi connectivity index (χ1n) is 7.91. The van der Waals surface area contributed by atoms with Gasteiger partial charge in [0.2, 0.25) is 5.91 Å². The van der Waals surface area contributed by atoms with Crippen LogP contribution in [0.5, 0.6) is 0 Å². The molecular formula is C16H32N2O2. The first-order chi connectivity index (χ1) is 9.36. The molecule has 0 bridgehead atoms. The number of nitrogens with zero attached hydrogens (tertiary/aromatic N) is 1. The van der Waals surface area contributed by atoms with Crippen LogP contribution >= 0.6 is 0 Å². The second kappa shape index (κ2) is 7.41. The van der Waals surface area contributed by atoms with E-state index >= 15 is 0 Å². The molecule has 1 aliphatic rings. The Hall–Kier alpha value is -0.610. The van der Waals surface area contributed by atoms with Crippen LogP contribution in [0.25, 0.3) is 0 Å². The van der Waals surface area contributed by atoms with Gasteiger partial charge in [-0.15, -0.1) is 0 Å². The maximum Gasteiger partial charge on any atom is 0.241 e. The minimum atomic E-state index is -0.0109. The van der Waals surface area contributed by atoms with E-state index in [1.807, 2.05) is 4.90 Å². The molecule has 1 heterocycles. The molecule has 0 radical (unpaired) electrons. The van der Waals surface area contributed by atoms with E-state index in [4.69, 9.17) is 4.74 Å². The fraction of sp³-hybridized carbons (Fsp3) is 0.938. The fourth-order valence-electron chi connectivity index (χ4n) is 2.79. The van der Waals surface area contributed by atoms with Crippen LogP contribution in [0.3, 0.4) is 0 Å². The summed E-state index contributed by atoms with van der Waals surface area (Å²) in [6, 6.07) is -0.0109. The number of rotatable bonds is 8. The fourth-order valence-corrected chi connectivity index (χ4v) is 2.79. The van der Waals surface area contributed by atoms with E-state index < -0.39 is 0 Å². The molecule has 0 aromatic rings. The zero-order valence-corrected chi connectivity index (χ0v) is 14.0. The molecule has 0 aromatic carbocycles. The molecule has 1 fully saturated rings. The first kappa shape index (κ1) is 17.4. The van der Waals surface area contributed by atoms with Crippen molar-refractivity contribution in [3.8, 4) is 0 Å². The predicted octanol–water partition coefficient (Wildman–Crippen LogP) is 2.63. The predicted molar refractivity (Wildman–Crippen MR) is 82.4 cm³/mol. The molecule has 4 nitrogen and oxygen atoms in total. The molecule has 1 aliphatic heterocycles. The van der Waals surface area contributed by atoms with E-state index in [9.17, 15) is 4.79 Å². The van der Waals surface area contributed by atoms with E-state index in [0.717, 1.165) is 32.4 Å². The standard InChI is InChI=1S/C16H32N2O2/c1-7-12(3)14-15(19)18(13(8-2)17-14)11-16(4,5)9-10-20-6/h12-14,17H,7-11H2,1-6H3. The zero-order chi connectivity index (χ0) is 15.3. The Morgan fingerprint density at radius 1 is 1.40 bits per heavy atom. The van der Waals surface area contributed by atoms with E-state index in [0.29, 0.717) is 5.92 Å². The average molecular weight is 284 g/mol. The van der Waals surface area contributed by atoms with Crippen LogP contribution in [-0.2, 0) is 9.53 Å². The van der Waals surface area contributed by atoms with Gasteiger partial charge in [0, 0.05) is 20.3 Å². The van der Waals surface area contributed by atoms with E-state index in [-0.39, 0.29) is 23.5 Å². The molecule has 0 saturated carbocycles. The van der Waals surface area contributed by atoms with Gasteiger partial charge in [0.25, 0.3) is 0 Å². The molecule has 0 aliphatic carbocycles. The van der Waals surface area contributed by atoms with Crippen molar-refractivity contribution in [2.45, 2.75) is 66.1 Å². The van der Waals surface area contributed by atoms with Crippen molar-refractivity contribution < 1.29 is 9.53 Å². The lowest BCUT2D eigenvalue weighted by Gasteiger charge is -2.33. The lowest BCUT2D eigenvalue weighted by atomic mass is 9.88. The van der Waals surface area contributed by atoms with Crippen molar-refractivity contribution in [1.29, 1.82) is 0 Å². The Labute approximate surface area is 124 Å². The number of ether oxygens (including phenoxy) is 1. The quantitative estimate of drug-likeness (QED) is 0.745. The Morgan fingerprint density at radius 2 is 2.05 bits per heavy atom. The Balaban J connectivity index is 2.74. The van der Waals surface area contributed by atoms with Crippen LogP contribution in [0.4, 0.5) is 0 Å². The van der Waals surface area contributed by atoms with Crippen molar-refractivity contribution in [2.75, 3.05) is 20.3 Å². The third-order valence-corrected chi connectivity index (χ3v) is 4.48. The monoisotopic (exact) mass is 284 g/mol. The number of methoxy groups -OCH3 is 1. The van der Waals surface area contributed by atoms with E-state index in [2.05, 4.69) is 39.9 Å². The normalized spacial score (nSPS) is 25.3. The molecule has 1 saturated heterocycles. The van der Waals surface area contributed by atoms with Crippen LogP contribution in [0.15, 0.2) is 0 Å². The highest BCUT2D eigenvalue weighted by Crippen LogP contribution is 2.28. The van der Waals surface area contributed by atoms with Gasteiger partial charge < -0.3 is 9.64 Å². The molecule has 1 amide bonds. The highest BCUT2D eigenvalue weighted by atomic mass is 16.5. The second-order valence-corrected chi connectivity index (χ2v) is 6.83. The Kier molecular flexibility index (Phi) is 6.46. The summed E-state index contributed by atoms with van der Waals surface area (Å²) in [6.07, 6.45) is 3.14. The molecule has 3 atom stereocenters. The van der Waals surface area contributed by atoms with Crippen LogP contribution < -0.4 is 5.32 Å². The lowest BCUT2D eigenvalue weighted by molar-refractivity contribution is -0.132. The van der Waals surface area contributed by atoms with Crippen molar-refractivity contribution in [1.82, 2.24) is 10.2 Å². The Bertz CT molecular complexity index is 318. The summed E-state index contributed by atoms with van der Waals surface area (Å²) in [6.45, 7) is 12.4. The molecule has 1 N–H and O–H groups in total. The topological polar surface area (TPSA) is 41.6 Å². The van der Waals surface area contributed by atoms with Gasteiger partial charge in [-0.05, 0) is 24.2 Å². The van der Waals surface area contributed by atoms with Gasteiger partial charge in [0.15, 0.2) is 0 Å². The third kappa shape index (κ3) is 4.19. The molecule has 20 heavy (non-hydrogen) atoms. The summed E-state index contributed by atoms with van der Waals surface area (Å²) < 4.78 is 5.18. The highest BCUT2D eigenvalue weighted by Gasteiger charge is 2.41. The summed E-state index contributed by atoms with van der Waals surface area (Å²) in [4.78, 5) is 14.7. The Morgan fingerprint density at radius 3 is 2.55 bits per heavy atom. The van der Waals surface area contributed by atoms with Crippen LogP contribution in [0.2, 0.25) is 0 Å². The smallest absolute Gasteiger partial charge is 0.241 e. The van der Waals surface area contributed by atoms with Crippen molar-refractivity contribution in [3.05, 3.63) is 0 Å². The van der Waals surface area contributed by atoms with Gasteiger partial charge in [-0.3, -0.25) is 10.1 Å². The van der Waals surface area contributed by atoms with Gasteiger partial charge >= 0.3 is 0 Å². The van der Waals surface area contributed by atoms with Gasteiger partial charge in [-0.2, -0.15) is 0 Å². The summed E-state index contributed by atoms with van der Waals surface area (Å²) in [7, 11) is 1.73. The SMILES string of the molecule is CCC(C)C1NC(CC)N(CC(C)(C)CCOC)C1=O. The number of hydrogen-bond acceptors (Lipinski definition) is 3. The molecule has 0 aromatic heterocycles. The summed E-state index contributed by atoms with van der Waals surface area (Å²) in [5, 5.41) is 3.51. The minimum absolute atomic E-state index is 0.0109. The van der Waals surface area contributed by atoms with Gasteiger partial charge in [-0.1, -0.05) is 41.0 Å². The number of nitrogens with one attached hydrogen (secondary N) is 1. The van der Waals surface area contributed by atoms with Crippen LogP contribution in [0.1, 0.15) is 53.9 Å². The summed E-state index contributed by atoms with van der Waals surface area (Å²) in [5.41, 5.74) is 0.0884. The van der Waals surface area contributed by atoms with Crippen LogP contribution in [-0.4, -0.2) is 43.3 Å². The van der Waals surface area contributed by atoms with Crippen LogP contribution in [0, 0.1) is 11.3 Å². The molecule has 118 valence electrons. The number of carbonyl (C=O) groups is 1. The van der Waals surface area contributed by atoms with Gasteiger partial charge in [0.1, 0.15) is 0 Å². The first-order valence-corrected chi connectivity index (χ1v) is 7.91. The lowest BCUT2D eigenvalue weighted by Crippen LogP contribution is -2.43. The number of carbonyl (C=O) groups excluding carboxylic acids is 1. The molecular weight excluding hydrogens is 252 g/mol. The third-order valence-electron chi connectivity index (χ3n) is 4.48. The van der Waals surface area contributed by atoms with Crippen molar-refractivity contribution >= 4 is 5.91 Å². The van der Waals surface area contributed by atoms with Gasteiger partial charge in [-0.25, -0.2) is 0 Å². The number of amides is 1. The maximum absolute atomic E-state index is 12.7. The average Bonchev–Trinajstić information content (AvgIpc) is 2.72. The van der Waals surface area contributed by atoms with Crippen molar-refractivity contribution in [2.24, 2.45) is 11.3 Å². The summed E-state index contributed by atoms with van der Waals surface area (Å²) >= 11 is 0. The maximum atomic E-state index is 12.7. The summed E-state index contributed by atoms with van der Waals surface area (Å²) in [5.74, 6) is 0.667. The van der Waals surface area contributed by atoms with Crippen molar-refractivity contribution in [3.63, 3.8) is 0 Å². The molecule has 3 unspecified atom stereocenters. The van der Waals surface area contributed by atoms with E-state index in [1.165, 1.54) is 0 Å². The number of hydrogen-bond donors (Lipinski definition) is 1. The molecule has 4 heteroatoms.